The molecule has 2 aromatic carbocycles. The van der Waals surface area contributed by atoms with Gasteiger partial charge in [-0.05, 0) is 54.8 Å². The summed E-state index contributed by atoms with van der Waals surface area (Å²) in [6, 6.07) is 14.7. The Kier molecular flexibility index (Phi) is 6.74. The summed E-state index contributed by atoms with van der Waals surface area (Å²) < 4.78 is 2.11. The van der Waals surface area contributed by atoms with E-state index in [1.165, 1.54) is 5.56 Å². The molecule has 0 saturated heterocycles. The molecule has 0 aliphatic heterocycles. The molecule has 21 heavy (non-hydrogen) atoms. The molecule has 1 nitrogen and oxygen atoms in total. The van der Waals surface area contributed by atoms with Gasteiger partial charge in [0.25, 0.3) is 0 Å². The predicted octanol–water partition coefficient (Wildman–Crippen LogP) is 6.15. The molecule has 0 aliphatic rings. The van der Waals surface area contributed by atoms with Crippen molar-refractivity contribution in [3.8, 4) is 0 Å². The zero-order valence-electron chi connectivity index (χ0n) is 11.9. The van der Waals surface area contributed by atoms with E-state index in [4.69, 9.17) is 11.6 Å². The maximum Gasteiger partial charge on any atom is 0.0465 e. The van der Waals surface area contributed by atoms with Gasteiger partial charge in [-0.2, -0.15) is 0 Å². The molecule has 0 fully saturated rings. The van der Waals surface area contributed by atoms with Crippen molar-refractivity contribution in [2.45, 2.75) is 25.8 Å². The van der Waals surface area contributed by atoms with Crippen LogP contribution in [0.3, 0.4) is 0 Å². The van der Waals surface area contributed by atoms with Crippen LogP contribution in [0, 0.1) is 0 Å². The summed E-state index contributed by atoms with van der Waals surface area (Å²) in [4.78, 5) is 0. The second-order valence-electron chi connectivity index (χ2n) is 5.01. The average Bonchev–Trinajstić information content (AvgIpc) is 2.44. The molecule has 0 spiro atoms. The topological polar surface area (TPSA) is 12.0 Å². The highest BCUT2D eigenvalue weighted by Gasteiger charge is 2.15. The molecule has 0 aromatic heterocycles. The van der Waals surface area contributed by atoms with Crippen molar-refractivity contribution in [1.29, 1.82) is 0 Å². The molecule has 1 atom stereocenters. The van der Waals surface area contributed by atoms with Gasteiger partial charge in [0, 0.05) is 20.0 Å². The van der Waals surface area contributed by atoms with E-state index in [0.29, 0.717) is 0 Å². The summed E-state index contributed by atoms with van der Waals surface area (Å²) in [6.45, 7) is 3.15. The van der Waals surface area contributed by atoms with E-state index >= 15 is 0 Å². The molecule has 0 amide bonds. The van der Waals surface area contributed by atoms with Gasteiger partial charge in [-0.3, -0.25) is 0 Å². The maximum atomic E-state index is 6.42. The molecule has 4 heteroatoms. The molecule has 0 saturated carbocycles. The Morgan fingerprint density at radius 2 is 1.86 bits per heavy atom. The molecular formula is C17H18Br2ClN. The number of halogens is 3. The van der Waals surface area contributed by atoms with Crippen molar-refractivity contribution in [2.75, 3.05) is 6.54 Å². The van der Waals surface area contributed by atoms with Gasteiger partial charge in [0.1, 0.15) is 0 Å². The lowest BCUT2D eigenvalue weighted by atomic mass is 9.98. The maximum absolute atomic E-state index is 6.42. The van der Waals surface area contributed by atoms with Crippen LogP contribution in [0.4, 0.5) is 0 Å². The molecule has 0 aliphatic carbocycles. The number of benzene rings is 2. The van der Waals surface area contributed by atoms with Crippen LogP contribution in [0.25, 0.3) is 0 Å². The molecular weight excluding hydrogens is 413 g/mol. The van der Waals surface area contributed by atoms with Gasteiger partial charge in [-0.25, -0.2) is 0 Å². The standard InChI is InChI=1S/C17H18Br2ClN/c1-2-8-21-17(10-12-4-3-5-13(18)9-12)15-7-6-14(19)11-16(15)20/h3-7,9,11,17,21H,2,8,10H2,1H3. The highest BCUT2D eigenvalue weighted by Crippen LogP contribution is 2.29. The summed E-state index contributed by atoms with van der Waals surface area (Å²) in [7, 11) is 0. The Morgan fingerprint density at radius 1 is 1.10 bits per heavy atom. The summed E-state index contributed by atoms with van der Waals surface area (Å²) in [5, 5.41) is 4.40. The van der Waals surface area contributed by atoms with E-state index in [1.807, 2.05) is 18.2 Å². The third-order valence-electron chi connectivity index (χ3n) is 3.31. The van der Waals surface area contributed by atoms with Gasteiger partial charge < -0.3 is 5.32 Å². The van der Waals surface area contributed by atoms with Crippen LogP contribution in [0.15, 0.2) is 51.4 Å². The summed E-state index contributed by atoms with van der Waals surface area (Å²) in [6.07, 6.45) is 2.02. The molecule has 2 rings (SSSR count). The van der Waals surface area contributed by atoms with Gasteiger partial charge in [-0.1, -0.05) is 68.6 Å². The molecule has 1 unspecified atom stereocenters. The zero-order valence-corrected chi connectivity index (χ0v) is 15.8. The van der Waals surface area contributed by atoms with Crippen LogP contribution < -0.4 is 5.32 Å². The van der Waals surface area contributed by atoms with Gasteiger partial charge in [0.15, 0.2) is 0 Å². The van der Waals surface area contributed by atoms with E-state index in [2.05, 4.69) is 68.4 Å². The van der Waals surface area contributed by atoms with E-state index in [-0.39, 0.29) is 6.04 Å². The van der Waals surface area contributed by atoms with Gasteiger partial charge in [-0.15, -0.1) is 0 Å². The van der Waals surface area contributed by atoms with E-state index in [9.17, 15) is 0 Å². The second kappa shape index (κ2) is 8.33. The third-order valence-corrected chi connectivity index (χ3v) is 4.62. The predicted molar refractivity (Wildman–Crippen MR) is 98.0 cm³/mol. The SMILES string of the molecule is CCCNC(Cc1cccc(Br)c1)c1ccc(Br)cc1Cl. The van der Waals surface area contributed by atoms with E-state index in [1.54, 1.807) is 0 Å². The molecule has 0 radical (unpaired) electrons. The van der Waals surface area contributed by atoms with Gasteiger partial charge >= 0.3 is 0 Å². The van der Waals surface area contributed by atoms with Crippen LogP contribution in [-0.4, -0.2) is 6.54 Å². The van der Waals surface area contributed by atoms with Crippen molar-refractivity contribution < 1.29 is 0 Å². The highest BCUT2D eigenvalue weighted by molar-refractivity contribution is 9.10. The fourth-order valence-corrected chi connectivity index (χ4v) is 3.55. The molecule has 1 N–H and O–H groups in total. The lowest BCUT2D eigenvalue weighted by Crippen LogP contribution is -2.24. The van der Waals surface area contributed by atoms with Crippen LogP contribution in [0.5, 0.6) is 0 Å². The smallest absolute Gasteiger partial charge is 0.0465 e. The average molecular weight is 432 g/mol. The first kappa shape index (κ1) is 17.0. The minimum atomic E-state index is 0.222. The number of rotatable bonds is 6. The Labute approximate surface area is 148 Å². The summed E-state index contributed by atoms with van der Waals surface area (Å²) >= 11 is 13.4. The fraction of sp³-hybridized carbons (Fsp3) is 0.294. The molecule has 0 heterocycles. The molecule has 0 bridgehead atoms. The molecule has 2 aromatic rings. The zero-order chi connectivity index (χ0) is 15.2. The van der Waals surface area contributed by atoms with Gasteiger partial charge in [0.2, 0.25) is 0 Å². The molecule has 112 valence electrons. The van der Waals surface area contributed by atoms with Gasteiger partial charge in [0.05, 0.1) is 0 Å². The Morgan fingerprint density at radius 3 is 2.52 bits per heavy atom. The minimum Gasteiger partial charge on any atom is -0.310 e. The monoisotopic (exact) mass is 429 g/mol. The largest absolute Gasteiger partial charge is 0.310 e. The van der Waals surface area contributed by atoms with Crippen molar-refractivity contribution in [3.63, 3.8) is 0 Å². The third kappa shape index (κ3) is 5.10. The lowest BCUT2D eigenvalue weighted by molar-refractivity contribution is 0.529. The normalized spacial score (nSPS) is 12.4. The Bertz CT molecular complexity index is 601. The van der Waals surface area contributed by atoms with E-state index < -0.39 is 0 Å². The van der Waals surface area contributed by atoms with Crippen molar-refractivity contribution in [3.05, 3.63) is 67.6 Å². The number of nitrogens with one attached hydrogen (secondary N) is 1. The fourth-order valence-electron chi connectivity index (χ4n) is 2.29. The van der Waals surface area contributed by atoms with Crippen LogP contribution in [0.1, 0.15) is 30.5 Å². The lowest BCUT2D eigenvalue weighted by Gasteiger charge is -2.21. The summed E-state index contributed by atoms with van der Waals surface area (Å²) in [5.74, 6) is 0. The summed E-state index contributed by atoms with van der Waals surface area (Å²) in [5.41, 5.74) is 2.44. The van der Waals surface area contributed by atoms with Crippen LogP contribution in [0.2, 0.25) is 5.02 Å². The van der Waals surface area contributed by atoms with E-state index in [0.717, 1.165) is 38.9 Å². The van der Waals surface area contributed by atoms with Crippen molar-refractivity contribution >= 4 is 43.5 Å². The second-order valence-corrected chi connectivity index (χ2v) is 7.25. The highest BCUT2D eigenvalue weighted by atomic mass is 79.9. The minimum absolute atomic E-state index is 0.222. The van der Waals surface area contributed by atoms with Crippen molar-refractivity contribution in [1.82, 2.24) is 5.32 Å². The first-order valence-corrected chi connectivity index (χ1v) is 8.99. The Hall–Kier alpha value is -0.350. The quantitative estimate of drug-likeness (QED) is 0.579. The van der Waals surface area contributed by atoms with Crippen molar-refractivity contribution in [2.24, 2.45) is 0 Å². The number of hydrogen-bond donors (Lipinski definition) is 1. The van der Waals surface area contributed by atoms with Crippen LogP contribution >= 0.6 is 43.5 Å². The first-order chi connectivity index (χ1) is 10.1. The Balaban J connectivity index is 2.25. The first-order valence-electron chi connectivity index (χ1n) is 7.03. The number of hydrogen-bond acceptors (Lipinski definition) is 1. The van der Waals surface area contributed by atoms with Crippen LogP contribution in [-0.2, 0) is 6.42 Å².